The number of nitro benzene ring substituents is 1. The topological polar surface area (TPSA) is 55.2 Å². The van der Waals surface area contributed by atoms with Crippen LogP contribution in [0.15, 0.2) is 59.1 Å². The molecule has 4 rings (SSSR count). The van der Waals surface area contributed by atoms with Crippen LogP contribution in [0.4, 0.5) is 11.4 Å². The third kappa shape index (κ3) is 2.45. The largest absolute Gasteiger partial charge is 0.378 e. The summed E-state index contributed by atoms with van der Waals surface area (Å²) in [5.41, 5.74) is 3.69. The number of halogens is 1. The lowest BCUT2D eigenvalue weighted by Gasteiger charge is -2.37. The van der Waals surface area contributed by atoms with Gasteiger partial charge in [0.15, 0.2) is 0 Å². The molecule has 23 heavy (non-hydrogen) atoms. The Bertz CT molecular complexity index is 801. The fraction of sp³-hybridized carbons (Fsp3) is 0.222. The lowest BCUT2D eigenvalue weighted by molar-refractivity contribution is -0.384. The Kier molecular flexibility index (Phi) is 3.45. The van der Waals surface area contributed by atoms with Crippen molar-refractivity contribution < 1.29 is 4.92 Å². The van der Waals surface area contributed by atoms with Crippen molar-refractivity contribution in [2.24, 2.45) is 5.92 Å². The van der Waals surface area contributed by atoms with E-state index < -0.39 is 0 Å². The zero-order valence-electron chi connectivity index (χ0n) is 12.3. The Morgan fingerprint density at radius 1 is 1.17 bits per heavy atom. The van der Waals surface area contributed by atoms with Crippen LogP contribution in [0.25, 0.3) is 0 Å². The van der Waals surface area contributed by atoms with Crippen molar-refractivity contribution in [3.63, 3.8) is 0 Å². The number of benzene rings is 2. The number of allylic oxidation sites excluding steroid dienone is 2. The van der Waals surface area contributed by atoms with Gasteiger partial charge in [-0.15, -0.1) is 0 Å². The summed E-state index contributed by atoms with van der Waals surface area (Å²) in [6.45, 7) is 0. The van der Waals surface area contributed by atoms with Gasteiger partial charge in [-0.05, 0) is 35.6 Å². The third-order valence-electron chi connectivity index (χ3n) is 4.79. The van der Waals surface area contributed by atoms with Crippen molar-refractivity contribution in [3.8, 4) is 0 Å². The minimum atomic E-state index is -0.357. The van der Waals surface area contributed by atoms with Gasteiger partial charge in [0.2, 0.25) is 0 Å². The molecule has 0 saturated carbocycles. The van der Waals surface area contributed by atoms with E-state index in [1.54, 1.807) is 12.1 Å². The number of nitrogens with zero attached hydrogens (tertiary/aromatic N) is 1. The molecule has 0 bridgehead atoms. The van der Waals surface area contributed by atoms with Gasteiger partial charge in [-0.2, -0.15) is 0 Å². The van der Waals surface area contributed by atoms with E-state index in [0.717, 1.165) is 22.1 Å². The molecule has 0 saturated heterocycles. The number of hydrogen-bond acceptors (Lipinski definition) is 3. The molecule has 2 aromatic carbocycles. The standard InChI is InChI=1S/C18H15BrN2O2/c19-12-6-9-15-14-2-1-3-16(14)18(20-17(15)10-12)11-4-7-13(8-5-11)21(22)23/h1-2,4-10,14,16,18,20H,3H2. The van der Waals surface area contributed by atoms with E-state index in [1.165, 1.54) is 5.56 Å². The molecule has 4 nitrogen and oxygen atoms in total. The average molecular weight is 371 g/mol. The summed E-state index contributed by atoms with van der Waals surface area (Å²) in [6.07, 6.45) is 5.55. The molecule has 0 spiro atoms. The molecular formula is C18H15BrN2O2. The number of nitro groups is 1. The van der Waals surface area contributed by atoms with Gasteiger partial charge in [0.25, 0.3) is 5.69 Å². The van der Waals surface area contributed by atoms with Crippen LogP contribution >= 0.6 is 15.9 Å². The molecule has 1 heterocycles. The molecule has 5 heteroatoms. The fourth-order valence-corrected chi connectivity index (χ4v) is 4.06. The molecule has 3 atom stereocenters. The second-order valence-corrected chi connectivity index (χ2v) is 6.97. The van der Waals surface area contributed by atoms with Gasteiger partial charge in [-0.1, -0.05) is 46.3 Å². The molecule has 0 fully saturated rings. The maximum atomic E-state index is 10.8. The van der Waals surface area contributed by atoms with Gasteiger partial charge in [0, 0.05) is 28.2 Å². The fourth-order valence-electron chi connectivity index (χ4n) is 3.70. The van der Waals surface area contributed by atoms with Gasteiger partial charge < -0.3 is 5.32 Å². The minimum Gasteiger partial charge on any atom is -0.378 e. The van der Waals surface area contributed by atoms with Gasteiger partial charge in [0.05, 0.1) is 11.0 Å². The highest BCUT2D eigenvalue weighted by atomic mass is 79.9. The molecule has 3 unspecified atom stereocenters. The maximum Gasteiger partial charge on any atom is 0.269 e. The van der Waals surface area contributed by atoms with Crippen molar-refractivity contribution in [2.75, 3.05) is 5.32 Å². The summed E-state index contributed by atoms with van der Waals surface area (Å²) in [5.74, 6) is 0.852. The quantitative estimate of drug-likeness (QED) is 0.449. The summed E-state index contributed by atoms with van der Waals surface area (Å²) in [4.78, 5) is 10.5. The molecule has 2 aromatic rings. The second-order valence-electron chi connectivity index (χ2n) is 6.06. The minimum absolute atomic E-state index is 0.133. The van der Waals surface area contributed by atoms with E-state index in [4.69, 9.17) is 0 Å². The maximum absolute atomic E-state index is 10.8. The van der Waals surface area contributed by atoms with Gasteiger partial charge >= 0.3 is 0 Å². The Morgan fingerprint density at radius 3 is 2.70 bits per heavy atom. The molecular weight excluding hydrogens is 356 g/mol. The predicted molar refractivity (Wildman–Crippen MR) is 93.6 cm³/mol. The Balaban J connectivity index is 1.73. The number of anilines is 1. The predicted octanol–water partition coefficient (Wildman–Crippen LogP) is 5.18. The highest BCUT2D eigenvalue weighted by molar-refractivity contribution is 9.10. The number of fused-ring (bicyclic) bond motifs is 3. The Morgan fingerprint density at radius 2 is 1.96 bits per heavy atom. The summed E-state index contributed by atoms with van der Waals surface area (Å²) in [7, 11) is 0. The van der Waals surface area contributed by atoms with Crippen LogP contribution in [0.3, 0.4) is 0 Å². The Labute approximate surface area is 142 Å². The normalized spacial score (nSPS) is 24.7. The SMILES string of the molecule is O=[N+]([O-])c1ccc(C2Nc3cc(Br)ccc3C3C=CCC32)cc1. The van der Waals surface area contributed by atoms with Crippen LogP contribution in [-0.2, 0) is 0 Å². The van der Waals surface area contributed by atoms with E-state index in [1.807, 2.05) is 12.1 Å². The van der Waals surface area contributed by atoms with Crippen LogP contribution in [0.5, 0.6) is 0 Å². The van der Waals surface area contributed by atoms with Crippen molar-refractivity contribution in [1.29, 1.82) is 0 Å². The van der Waals surface area contributed by atoms with Gasteiger partial charge in [-0.3, -0.25) is 10.1 Å². The van der Waals surface area contributed by atoms with E-state index in [2.05, 4.69) is 51.6 Å². The van der Waals surface area contributed by atoms with Crippen LogP contribution in [-0.4, -0.2) is 4.92 Å². The summed E-state index contributed by atoms with van der Waals surface area (Å²) < 4.78 is 1.05. The van der Waals surface area contributed by atoms with Crippen molar-refractivity contribution in [2.45, 2.75) is 18.4 Å². The number of non-ortho nitro benzene ring substituents is 1. The number of rotatable bonds is 2. The first-order valence-electron chi connectivity index (χ1n) is 7.60. The van der Waals surface area contributed by atoms with Gasteiger partial charge in [0.1, 0.15) is 0 Å². The third-order valence-corrected chi connectivity index (χ3v) is 5.28. The summed E-state index contributed by atoms with van der Waals surface area (Å²) >= 11 is 3.53. The van der Waals surface area contributed by atoms with Gasteiger partial charge in [-0.25, -0.2) is 0 Å². The highest BCUT2D eigenvalue weighted by Gasteiger charge is 2.37. The monoisotopic (exact) mass is 370 g/mol. The summed E-state index contributed by atoms with van der Waals surface area (Å²) in [5, 5.41) is 14.5. The molecule has 0 radical (unpaired) electrons. The molecule has 2 aliphatic rings. The molecule has 1 aliphatic heterocycles. The van der Waals surface area contributed by atoms with Crippen LogP contribution in [0.1, 0.15) is 29.5 Å². The zero-order valence-corrected chi connectivity index (χ0v) is 13.9. The molecule has 1 N–H and O–H groups in total. The first kappa shape index (κ1) is 14.5. The van der Waals surface area contributed by atoms with E-state index in [9.17, 15) is 10.1 Å². The van der Waals surface area contributed by atoms with Crippen molar-refractivity contribution >= 4 is 27.3 Å². The van der Waals surface area contributed by atoms with E-state index in [0.29, 0.717) is 11.8 Å². The lowest BCUT2D eigenvalue weighted by atomic mass is 9.77. The lowest BCUT2D eigenvalue weighted by Crippen LogP contribution is -2.29. The molecule has 0 amide bonds. The highest BCUT2D eigenvalue weighted by Crippen LogP contribution is 2.50. The van der Waals surface area contributed by atoms with E-state index >= 15 is 0 Å². The first-order valence-corrected chi connectivity index (χ1v) is 8.40. The first-order chi connectivity index (χ1) is 11.1. The number of nitrogens with one attached hydrogen (secondary N) is 1. The van der Waals surface area contributed by atoms with Crippen molar-refractivity contribution in [3.05, 3.63) is 80.3 Å². The van der Waals surface area contributed by atoms with E-state index in [-0.39, 0.29) is 16.7 Å². The van der Waals surface area contributed by atoms with Crippen LogP contribution < -0.4 is 5.32 Å². The molecule has 1 aliphatic carbocycles. The van der Waals surface area contributed by atoms with Crippen molar-refractivity contribution in [1.82, 2.24) is 0 Å². The Hall–Kier alpha value is -2.14. The number of hydrogen-bond donors (Lipinski definition) is 1. The average Bonchev–Trinajstić information content (AvgIpc) is 3.03. The van der Waals surface area contributed by atoms with Crippen LogP contribution in [0.2, 0.25) is 0 Å². The smallest absolute Gasteiger partial charge is 0.269 e. The zero-order chi connectivity index (χ0) is 16.0. The summed E-state index contributed by atoms with van der Waals surface area (Å²) in [6, 6.07) is 13.4. The second kappa shape index (κ2) is 5.49. The molecule has 116 valence electrons. The molecule has 0 aromatic heterocycles. The van der Waals surface area contributed by atoms with Crippen LogP contribution in [0, 0.1) is 16.0 Å².